The number of hydrogen-bond donors (Lipinski definition) is 0. The van der Waals surface area contributed by atoms with Crippen LogP contribution in [0.25, 0.3) is 11.5 Å². The molecule has 1 saturated heterocycles. The zero-order valence-corrected chi connectivity index (χ0v) is 14.5. The average Bonchev–Trinajstić information content (AvgIpc) is 3.18. The standard InChI is InChI=1S/C19H19N5O2/c1-13-4-2-3-5-15(13)18-22-17(23-26-18)14-6-10-24(11-7-14)19(25)16-12-20-8-9-21-16/h2-5,8-9,12,14H,6-7,10-11H2,1H3. The van der Waals surface area contributed by atoms with Crippen molar-refractivity contribution < 1.29 is 9.32 Å². The minimum Gasteiger partial charge on any atom is -0.337 e. The first kappa shape index (κ1) is 16.4. The highest BCUT2D eigenvalue weighted by Gasteiger charge is 2.28. The molecule has 4 rings (SSSR count). The van der Waals surface area contributed by atoms with E-state index in [4.69, 9.17) is 4.52 Å². The van der Waals surface area contributed by atoms with Gasteiger partial charge in [-0.1, -0.05) is 23.4 Å². The van der Waals surface area contributed by atoms with Crippen molar-refractivity contribution in [3.05, 3.63) is 59.9 Å². The Morgan fingerprint density at radius 3 is 2.73 bits per heavy atom. The van der Waals surface area contributed by atoms with Crippen LogP contribution < -0.4 is 0 Å². The molecule has 0 saturated carbocycles. The monoisotopic (exact) mass is 349 g/mol. The van der Waals surface area contributed by atoms with Gasteiger partial charge < -0.3 is 9.42 Å². The van der Waals surface area contributed by atoms with Crippen molar-refractivity contribution in [1.82, 2.24) is 25.0 Å². The quantitative estimate of drug-likeness (QED) is 0.723. The topological polar surface area (TPSA) is 85.0 Å². The summed E-state index contributed by atoms with van der Waals surface area (Å²) in [7, 11) is 0. The number of likely N-dealkylation sites (tertiary alicyclic amines) is 1. The molecule has 0 radical (unpaired) electrons. The van der Waals surface area contributed by atoms with Crippen molar-refractivity contribution >= 4 is 5.91 Å². The summed E-state index contributed by atoms with van der Waals surface area (Å²) in [5.74, 6) is 1.39. The van der Waals surface area contributed by atoms with E-state index in [0.717, 1.165) is 29.8 Å². The second-order valence-electron chi connectivity index (χ2n) is 6.43. The lowest BCUT2D eigenvalue weighted by Gasteiger charge is -2.30. The molecule has 1 aliphatic rings. The molecular weight excluding hydrogens is 330 g/mol. The Labute approximate surface area is 151 Å². The molecule has 0 atom stereocenters. The van der Waals surface area contributed by atoms with E-state index < -0.39 is 0 Å². The van der Waals surface area contributed by atoms with E-state index in [1.54, 1.807) is 6.20 Å². The lowest BCUT2D eigenvalue weighted by Crippen LogP contribution is -2.38. The highest BCUT2D eigenvalue weighted by atomic mass is 16.5. The summed E-state index contributed by atoms with van der Waals surface area (Å²) in [5, 5.41) is 4.17. The van der Waals surface area contributed by atoms with E-state index in [1.807, 2.05) is 36.1 Å². The Bertz CT molecular complexity index is 901. The van der Waals surface area contributed by atoms with Gasteiger partial charge in [0.05, 0.1) is 6.20 Å². The SMILES string of the molecule is Cc1ccccc1-c1nc(C2CCN(C(=O)c3cnccn3)CC2)no1. The molecule has 1 fully saturated rings. The third-order valence-corrected chi connectivity index (χ3v) is 4.75. The van der Waals surface area contributed by atoms with Crippen LogP contribution in [0.3, 0.4) is 0 Å². The highest BCUT2D eigenvalue weighted by Crippen LogP contribution is 2.29. The Morgan fingerprint density at radius 2 is 2.00 bits per heavy atom. The van der Waals surface area contributed by atoms with Crippen LogP contribution in [0.4, 0.5) is 0 Å². The molecule has 1 amide bonds. The zero-order chi connectivity index (χ0) is 17.9. The van der Waals surface area contributed by atoms with Crippen molar-refractivity contribution in [2.24, 2.45) is 0 Å². The van der Waals surface area contributed by atoms with Crippen LogP contribution in [0.15, 0.2) is 47.4 Å². The summed E-state index contributed by atoms with van der Waals surface area (Å²) < 4.78 is 5.47. The molecule has 7 heteroatoms. The Hall–Kier alpha value is -3.09. The number of carbonyl (C=O) groups is 1. The molecule has 0 N–H and O–H groups in total. The van der Waals surface area contributed by atoms with Gasteiger partial charge in [0.2, 0.25) is 0 Å². The average molecular weight is 349 g/mol. The van der Waals surface area contributed by atoms with Crippen LogP contribution >= 0.6 is 0 Å². The summed E-state index contributed by atoms with van der Waals surface area (Å²) in [6.45, 7) is 3.32. The first-order valence-corrected chi connectivity index (χ1v) is 8.67. The van der Waals surface area contributed by atoms with E-state index in [0.29, 0.717) is 24.7 Å². The molecule has 0 spiro atoms. The van der Waals surface area contributed by atoms with Crippen molar-refractivity contribution in [2.75, 3.05) is 13.1 Å². The summed E-state index contributed by atoms with van der Waals surface area (Å²) in [6.07, 6.45) is 6.21. The molecule has 1 aliphatic heterocycles. The van der Waals surface area contributed by atoms with Crippen LogP contribution in [-0.4, -0.2) is 44.0 Å². The third-order valence-electron chi connectivity index (χ3n) is 4.75. The molecule has 0 bridgehead atoms. The fourth-order valence-electron chi connectivity index (χ4n) is 3.24. The predicted molar refractivity (Wildman–Crippen MR) is 94.4 cm³/mol. The molecule has 3 aromatic rings. The molecular formula is C19H19N5O2. The van der Waals surface area contributed by atoms with Gasteiger partial charge in [0, 0.05) is 37.0 Å². The maximum Gasteiger partial charge on any atom is 0.274 e. The number of hydrogen-bond acceptors (Lipinski definition) is 6. The fourth-order valence-corrected chi connectivity index (χ4v) is 3.24. The maximum atomic E-state index is 12.4. The van der Waals surface area contributed by atoms with Crippen molar-refractivity contribution in [3.8, 4) is 11.5 Å². The van der Waals surface area contributed by atoms with Crippen molar-refractivity contribution in [2.45, 2.75) is 25.7 Å². The minimum absolute atomic E-state index is 0.0785. The van der Waals surface area contributed by atoms with Gasteiger partial charge in [-0.25, -0.2) is 4.98 Å². The van der Waals surface area contributed by atoms with Gasteiger partial charge >= 0.3 is 0 Å². The van der Waals surface area contributed by atoms with Gasteiger partial charge in [-0.05, 0) is 31.4 Å². The van der Waals surface area contributed by atoms with Crippen LogP contribution in [-0.2, 0) is 0 Å². The van der Waals surface area contributed by atoms with Crippen LogP contribution in [0.2, 0.25) is 0 Å². The third kappa shape index (κ3) is 3.20. The van der Waals surface area contributed by atoms with E-state index >= 15 is 0 Å². The van der Waals surface area contributed by atoms with Gasteiger partial charge in [0.1, 0.15) is 5.69 Å². The lowest BCUT2D eigenvalue weighted by atomic mass is 9.96. The number of rotatable bonds is 3. The number of amides is 1. The normalized spacial score (nSPS) is 15.2. The number of piperidine rings is 1. The van der Waals surface area contributed by atoms with Gasteiger partial charge in [-0.2, -0.15) is 4.98 Å². The smallest absolute Gasteiger partial charge is 0.274 e. The summed E-state index contributed by atoms with van der Waals surface area (Å²) in [5.41, 5.74) is 2.45. The molecule has 2 aromatic heterocycles. The van der Waals surface area contributed by atoms with E-state index in [9.17, 15) is 4.79 Å². The molecule has 0 unspecified atom stereocenters. The molecule has 0 aliphatic carbocycles. The molecule has 132 valence electrons. The molecule has 1 aromatic carbocycles. The largest absolute Gasteiger partial charge is 0.337 e. The lowest BCUT2D eigenvalue weighted by molar-refractivity contribution is 0.0704. The molecule has 26 heavy (non-hydrogen) atoms. The summed E-state index contributed by atoms with van der Waals surface area (Å²) >= 11 is 0. The number of carbonyl (C=O) groups excluding carboxylic acids is 1. The first-order chi connectivity index (χ1) is 12.7. The van der Waals surface area contributed by atoms with Crippen LogP contribution in [0.1, 0.15) is 40.6 Å². The van der Waals surface area contributed by atoms with Gasteiger partial charge in [-0.3, -0.25) is 9.78 Å². The second kappa shape index (κ2) is 7.03. The highest BCUT2D eigenvalue weighted by molar-refractivity contribution is 5.92. The van der Waals surface area contributed by atoms with Crippen molar-refractivity contribution in [1.29, 1.82) is 0 Å². The van der Waals surface area contributed by atoms with Gasteiger partial charge in [-0.15, -0.1) is 0 Å². The van der Waals surface area contributed by atoms with E-state index in [-0.39, 0.29) is 11.8 Å². The predicted octanol–water partition coefficient (Wildman–Crippen LogP) is 2.85. The van der Waals surface area contributed by atoms with Gasteiger partial charge in [0.25, 0.3) is 11.8 Å². The number of aryl methyl sites for hydroxylation is 1. The Morgan fingerprint density at radius 1 is 1.19 bits per heavy atom. The van der Waals surface area contributed by atoms with Crippen LogP contribution in [0.5, 0.6) is 0 Å². The summed E-state index contributed by atoms with van der Waals surface area (Å²) in [6, 6.07) is 7.95. The maximum absolute atomic E-state index is 12.4. The van der Waals surface area contributed by atoms with Crippen molar-refractivity contribution in [3.63, 3.8) is 0 Å². The molecule has 7 nitrogen and oxygen atoms in total. The first-order valence-electron chi connectivity index (χ1n) is 8.67. The number of aromatic nitrogens is 4. The fraction of sp³-hybridized carbons (Fsp3) is 0.316. The second-order valence-corrected chi connectivity index (χ2v) is 6.43. The minimum atomic E-state index is -0.0785. The molecule has 3 heterocycles. The Kier molecular flexibility index (Phi) is 4.43. The van der Waals surface area contributed by atoms with Crippen LogP contribution in [0, 0.1) is 6.92 Å². The zero-order valence-electron chi connectivity index (χ0n) is 14.5. The number of benzene rings is 1. The van der Waals surface area contributed by atoms with E-state index in [1.165, 1.54) is 12.4 Å². The van der Waals surface area contributed by atoms with E-state index in [2.05, 4.69) is 20.1 Å². The summed E-state index contributed by atoms with van der Waals surface area (Å²) in [4.78, 5) is 26.9. The Balaban J connectivity index is 1.43. The van der Waals surface area contributed by atoms with Gasteiger partial charge in [0.15, 0.2) is 5.82 Å². The number of nitrogens with zero attached hydrogens (tertiary/aromatic N) is 5.